The smallest absolute Gasteiger partial charge is 0.331 e. The lowest BCUT2D eigenvalue weighted by molar-refractivity contribution is 0.183. The molecule has 4 rings (SSSR count). The molecular weight excluding hydrogens is 344 g/mol. The predicted molar refractivity (Wildman–Crippen MR) is 106 cm³/mol. The summed E-state index contributed by atoms with van der Waals surface area (Å²) in [5, 5.41) is 8.87. The average Bonchev–Trinajstić information content (AvgIpc) is 2.90. The molecule has 3 aliphatic rings. The Hall–Kier alpha value is -1.99. The lowest BCUT2D eigenvalue weighted by Gasteiger charge is -2.48. The first kappa shape index (κ1) is 19.8. The van der Waals surface area contributed by atoms with Gasteiger partial charge in [-0.15, -0.1) is 0 Å². The normalized spacial score (nSPS) is 23.9. The molecule has 3 N–H and O–H groups in total. The summed E-state index contributed by atoms with van der Waals surface area (Å²) in [6.45, 7) is 9.97. The molecule has 1 aromatic carbocycles. The van der Waals surface area contributed by atoms with E-state index in [2.05, 4.69) is 41.7 Å². The molecule has 0 aromatic heterocycles. The highest BCUT2D eigenvalue weighted by Crippen LogP contribution is 2.43. The van der Waals surface area contributed by atoms with E-state index in [4.69, 9.17) is 9.84 Å². The first-order valence-electron chi connectivity index (χ1n) is 9.82. The van der Waals surface area contributed by atoms with Crippen LogP contribution in [-0.2, 0) is 0 Å². The second-order valence-electron chi connectivity index (χ2n) is 8.14. The van der Waals surface area contributed by atoms with Crippen molar-refractivity contribution in [2.75, 3.05) is 44.3 Å². The summed E-state index contributed by atoms with van der Waals surface area (Å²) in [6, 6.07) is 8.41. The minimum Gasteiger partial charge on any atom is -0.494 e. The maximum atomic E-state index is 12.6. The summed E-state index contributed by atoms with van der Waals surface area (Å²) in [5.41, 5.74) is 6.76. The first-order valence-corrected chi connectivity index (χ1v) is 9.82. The highest BCUT2D eigenvalue weighted by Gasteiger charge is 2.46. The number of amides is 2. The number of rotatable bonds is 6. The lowest BCUT2D eigenvalue weighted by Crippen LogP contribution is -2.55. The number of urea groups is 1. The third kappa shape index (κ3) is 4.47. The van der Waals surface area contributed by atoms with Crippen LogP contribution in [0.25, 0.3) is 0 Å². The molecule has 1 aromatic rings. The van der Waals surface area contributed by atoms with E-state index in [9.17, 15) is 4.79 Å². The van der Waals surface area contributed by atoms with Gasteiger partial charge in [0.2, 0.25) is 0 Å². The van der Waals surface area contributed by atoms with Crippen LogP contribution in [0.4, 0.5) is 10.5 Å². The zero-order valence-electron chi connectivity index (χ0n) is 16.6. The second kappa shape index (κ2) is 8.35. The molecule has 0 aliphatic carbocycles. The molecule has 0 unspecified atom stereocenters. The Labute approximate surface area is 161 Å². The number of nitrogens with zero attached hydrogens (tertiary/aromatic N) is 2. The molecule has 3 aliphatic heterocycles. The molecule has 0 saturated carbocycles. The molecule has 27 heavy (non-hydrogen) atoms. The Morgan fingerprint density at radius 2 is 2.00 bits per heavy atom. The quantitative estimate of drug-likeness (QED) is 0.522. The van der Waals surface area contributed by atoms with Crippen LogP contribution in [0, 0.1) is 11.3 Å². The van der Waals surface area contributed by atoms with Gasteiger partial charge in [0, 0.05) is 31.9 Å². The number of fused-ring (bicyclic) bond motifs is 4. The van der Waals surface area contributed by atoms with E-state index < -0.39 is 0 Å². The predicted octanol–water partition coefficient (Wildman–Crippen LogP) is 1.83. The van der Waals surface area contributed by atoms with Gasteiger partial charge in [-0.3, -0.25) is 5.43 Å². The summed E-state index contributed by atoms with van der Waals surface area (Å²) in [4.78, 5) is 16.9. The highest BCUT2D eigenvalue weighted by atomic mass is 16.5. The van der Waals surface area contributed by atoms with E-state index >= 15 is 0 Å². The van der Waals surface area contributed by atoms with Crippen LogP contribution in [0.5, 0.6) is 5.75 Å². The fraction of sp³-hybridized carbons (Fsp3) is 0.650. The van der Waals surface area contributed by atoms with Crippen molar-refractivity contribution in [2.24, 2.45) is 11.3 Å². The minimum absolute atomic E-state index is 0.00984. The van der Waals surface area contributed by atoms with Crippen molar-refractivity contribution in [3.8, 4) is 5.75 Å². The third-order valence-electron chi connectivity index (χ3n) is 5.62. The van der Waals surface area contributed by atoms with E-state index in [0.717, 1.165) is 25.3 Å². The number of piperidine rings is 1. The second-order valence-corrected chi connectivity index (χ2v) is 8.14. The Bertz CT molecular complexity index is 635. The number of hydrogen-bond acceptors (Lipinski definition) is 5. The topological polar surface area (TPSA) is 77.1 Å². The van der Waals surface area contributed by atoms with Gasteiger partial charge in [-0.2, -0.15) is 0 Å². The Morgan fingerprint density at radius 3 is 2.67 bits per heavy atom. The molecule has 7 nitrogen and oxygen atoms in total. The minimum atomic E-state index is -0.121. The molecule has 2 amide bonds. The van der Waals surface area contributed by atoms with Gasteiger partial charge in [0.25, 0.3) is 0 Å². The summed E-state index contributed by atoms with van der Waals surface area (Å²) in [5.74, 6) is 1.31. The molecule has 2 atom stereocenters. The standard InChI is InChI=1S/C20H32N4O3/c1-4-27-17-7-5-16(6-8-17)24-13-15-11-20(2,3)18(24)14-23(12-15)19(26)22-21-9-10-25/h5-8,15,18,21,25H,4,9-14H2,1-3H3,(H,22,26)/t15-,18-/m1/s1. The van der Waals surface area contributed by atoms with Crippen molar-refractivity contribution in [3.05, 3.63) is 24.3 Å². The van der Waals surface area contributed by atoms with Gasteiger partial charge >= 0.3 is 6.03 Å². The summed E-state index contributed by atoms with van der Waals surface area (Å²) >= 11 is 0. The van der Waals surface area contributed by atoms with Crippen molar-refractivity contribution in [1.29, 1.82) is 0 Å². The van der Waals surface area contributed by atoms with Crippen molar-refractivity contribution < 1.29 is 14.6 Å². The van der Waals surface area contributed by atoms with E-state index in [0.29, 0.717) is 25.6 Å². The van der Waals surface area contributed by atoms with Gasteiger partial charge in [-0.05, 0) is 48.9 Å². The number of nitrogens with one attached hydrogen (secondary N) is 2. The number of benzene rings is 1. The number of carbonyl (C=O) groups is 1. The fourth-order valence-corrected chi connectivity index (χ4v) is 4.46. The summed E-state index contributed by atoms with van der Waals surface area (Å²) < 4.78 is 5.57. The van der Waals surface area contributed by atoms with Gasteiger partial charge in [-0.1, -0.05) is 13.8 Å². The maximum absolute atomic E-state index is 12.6. The van der Waals surface area contributed by atoms with Gasteiger partial charge in [0.15, 0.2) is 0 Å². The molecule has 150 valence electrons. The van der Waals surface area contributed by atoms with Crippen LogP contribution >= 0.6 is 0 Å². The number of ether oxygens (including phenoxy) is 1. The van der Waals surface area contributed by atoms with Gasteiger partial charge in [-0.25, -0.2) is 10.2 Å². The molecule has 3 saturated heterocycles. The maximum Gasteiger partial charge on any atom is 0.331 e. The van der Waals surface area contributed by atoms with Gasteiger partial charge in [0.05, 0.1) is 19.3 Å². The van der Waals surface area contributed by atoms with Crippen LogP contribution < -0.4 is 20.5 Å². The summed E-state index contributed by atoms with van der Waals surface area (Å²) in [6.07, 6.45) is 1.11. The van der Waals surface area contributed by atoms with Crippen molar-refractivity contribution in [1.82, 2.24) is 15.8 Å². The van der Waals surface area contributed by atoms with Crippen molar-refractivity contribution in [3.63, 3.8) is 0 Å². The molecule has 3 fully saturated rings. The lowest BCUT2D eigenvalue weighted by atomic mass is 9.73. The SMILES string of the molecule is CCOc1ccc(N2C[C@H]3CN(C(=O)NNCCO)C[C@@H]2C(C)(C)C3)cc1. The summed E-state index contributed by atoms with van der Waals surface area (Å²) in [7, 11) is 0. The molecule has 7 heteroatoms. The van der Waals surface area contributed by atoms with E-state index in [1.807, 2.05) is 24.0 Å². The van der Waals surface area contributed by atoms with Crippen LogP contribution in [0.3, 0.4) is 0 Å². The monoisotopic (exact) mass is 376 g/mol. The Kier molecular flexibility index (Phi) is 6.11. The van der Waals surface area contributed by atoms with Crippen molar-refractivity contribution in [2.45, 2.75) is 33.2 Å². The Balaban J connectivity index is 1.77. The largest absolute Gasteiger partial charge is 0.494 e. The number of hydrazine groups is 1. The van der Waals surface area contributed by atoms with E-state index in [1.165, 1.54) is 5.69 Å². The number of hydrogen-bond donors (Lipinski definition) is 3. The number of carbonyl (C=O) groups excluding carboxylic acids is 1. The molecule has 3 heterocycles. The van der Waals surface area contributed by atoms with Crippen molar-refractivity contribution >= 4 is 11.7 Å². The highest BCUT2D eigenvalue weighted by molar-refractivity contribution is 5.74. The molecule has 2 bridgehead atoms. The van der Waals surface area contributed by atoms with Gasteiger partial charge < -0.3 is 19.6 Å². The molecule has 0 spiro atoms. The molecular formula is C20H32N4O3. The zero-order valence-corrected chi connectivity index (χ0v) is 16.6. The van der Waals surface area contributed by atoms with E-state index in [1.54, 1.807) is 0 Å². The Morgan fingerprint density at radius 1 is 1.26 bits per heavy atom. The number of aliphatic hydroxyl groups excluding tert-OH is 1. The van der Waals surface area contributed by atoms with Crippen LogP contribution in [0.2, 0.25) is 0 Å². The van der Waals surface area contributed by atoms with Crippen LogP contribution in [0.15, 0.2) is 24.3 Å². The van der Waals surface area contributed by atoms with Crippen LogP contribution in [0.1, 0.15) is 27.2 Å². The zero-order chi connectivity index (χ0) is 19.4. The first-order chi connectivity index (χ1) is 12.9. The number of anilines is 1. The van der Waals surface area contributed by atoms with Gasteiger partial charge in [0.1, 0.15) is 5.75 Å². The third-order valence-corrected chi connectivity index (χ3v) is 5.62. The number of aliphatic hydroxyl groups is 1. The fourth-order valence-electron chi connectivity index (χ4n) is 4.46. The van der Waals surface area contributed by atoms with Crippen LogP contribution in [-0.4, -0.2) is 61.5 Å². The van der Waals surface area contributed by atoms with E-state index in [-0.39, 0.29) is 24.1 Å². The average molecular weight is 377 g/mol. The molecule has 0 radical (unpaired) electrons.